The Morgan fingerprint density at radius 2 is 2.17 bits per heavy atom. The second kappa shape index (κ2) is 5.08. The maximum atomic E-state index is 12.2. The molecule has 0 aliphatic carbocycles. The van der Waals surface area contributed by atoms with Crippen molar-refractivity contribution in [3.63, 3.8) is 0 Å². The normalized spacial score (nSPS) is 27.2. The highest BCUT2D eigenvalue weighted by Gasteiger charge is 2.38. The molecule has 1 aromatic carbocycles. The van der Waals surface area contributed by atoms with Gasteiger partial charge in [0.25, 0.3) is 5.91 Å². The molecule has 1 fully saturated rings. The highest BCUT2D eigenvalue weighted by atomic mass is 16.5. The molecule has 2 unspecified atom stereocenters. The van der Waals surface area contributed by atoms with E-state index in [1.165, 1.54) is 0 Å². The molecule has 0 radical (unpaired) electrons. The summed E-state index contributed by atoms with van der Waals surface area (Å²) in [5.74, 6) is -0.0570. The number of nitrogens with one attached hydrogen (secondary N) is 1. The number of benzene rings is 1. The lowest BCUT2D eigenvalue weighted by Crippen LogP contribution is -2.50. The van der Waals surface area contributed by atoms with Crippen molar-refractivity contribution in [1.82, 2.24) is 5.32 Å². The average molecular weight is 248 g/mol. The topological polar surface area (TPSA) is 64.3 Å². The van der Waals surface area contributed by atoms with Gasteiger partial charge in [0.05, 0.1) is 11.6 Å². The largest absolute Gasteiger partial charge is 0.376 e. The van der Waals surface area contributed by atoms with Crippen LogP contribution in [-0.2, 0) is 11.3 Å². The molecule has 4 nitrogen and oxygen atoms in total. The number of carbonyl (C=O) groups excluding carboxylic acids is 1. The molecule has 1 saturated heterocycles. The number of nitrogens with two attached hydrogens (primary N) is 1. The summed E-state index contributed by atoms with van der Waals surface area (Å²) < 4.78 is 5.51. The molecule has 98 valence electrons. The van der Waals surface area contributed by atoms with Crippen molar-refractivity contribution in [2.45, 2.75) is 38.5 Å². The number of hydrogen-bond donors (Lipinski definition) is 2. The molecule has 4 heteroatoms. The molecular formula is C14H20N2O2. The quantitative estimate of drug-likeness (QED) is 0.850. The Kier molecular flexibility index (Phi) is 3.68. The molecule has 0 spiro atoms. The molecule has 0 saturated carbocycles. The van der Waals surface area contributed by atoms with Gasteiger partial charge in [0.1, 0.15) is 0 Å². The van der Waals surface area contributed by atoms with Crippen molar-refractivity contribution in [1.29, 1.82) is 0 Å². The number of carbonyl (C=O) groups is 1. The van der Waals surface area contributed by atoms with Crippen LogP contribution in [0.1, 0.15) is 36.2 Å². The van der Waals surface area contributed by atoms with Crippen LogP contribution in [0.25, 0.3) is 0 Å². The Hall–Kier alpha value is -1.39. The minimum absolute atomic E-state index is 0.0461. The van der Waals surface area contributed by atoms with Crippen molar-refractivity contribution in [2.24, 2.45) is 5.73 Å². The van der Waals surface area contributed by atoms with Crippen LogP contribution < -0.4 is 11.1 Å². The third-order valence-corrected chi connectivity index (χ3v) is 3.74. The van der Waals surface area contributed by atoms with Gasteiger partial charge >= 0.3 is 0 Å². The van der Waals surface area contributed by atoms with E-state index in [0.29, 0.717) is 18.7 Å². The summed E-state index contributed by atoms with van der Waals surface area (Å²) in [4.78, 5) is 12.2. The Morgan fingerprint density at radius 1 is 1.50 bits per heavy atom. The summed E-state index contributed by atoms with van der Waals surface area (Å²) in [6.45, 7) is 5.20. The molecule has 0 aromatic heterocycles. The van der Waals surface area contributed by atoms with Gasteiger partial charge in [-0.2, -0.15) is 0 Å². The molecule has 1 aliphatic rings. The minimum Gasteiger partial charge on any atom is -0.376 e. The van der Waals surface area contributed by atoms with Crippen molar-refractivity contribution in [2.75, 3.05) is 6.61 Å². The van der Waals surface area contributed by atoms with E-state index in [1.54, 1.807) is 12.1 Å². The Labute approximate surface area is 108 Å². The van der Waals surface area contributed by atoms with E-state index >= 15 is 0 Å². The molecule has 0 bridgehead atoms. The second-order valence-electron chi connectivity index (χ2n) is 5.04. The Bertz CT molecular complexity index is 430. The number of amides is 1. The summed E-state index contributed by atoms with van der Waals surface area (Å²) in [6.07, 6.45) is 0.894. The molecule has 2 rings (SSSR count). The van der Waals surface area contributed by atoms with Gasteiger partial charge < -0.3 is 15.8 Å². The predicted octanol–water partition coefficient (Wildman–Crippen LogP) is 1.44. The molecule has 2 atom stereocenters. The molecular weight excluding hydrogens is 228 g/mol. The summed E-state index contributed by atoms with van der Waals surface area (Å²) in [7, 11) is 0. The average Bonchev–Trinajstić information content (AvgIpc) is 2.69. The van der Waals surface area contributed by atoms with E-state index in [1.807, 2.05) is 26.0 Å². The first-order valence-electron chi connectivity index (χ1n) is 6.28. The van der Waals surface area contributed by atoms with Crippen LogP contribution in [0.4, 0.5) is 0 Å². The Morgan fingerprint density at radius 3 is 2.67 bits per heavy atom. The molecule has 1 amide bonds. The lowest BCUT2D eigenvalue weighted by atomic mass is 9.94. The van der Waals surface area contributed by atoms with Gasteiger partial charge in [0.15, 0.2) is 0 Å². The molecule has 1 aliphatic heterocycles. The number of ether oxygens (including phenoxy) is 1. The van der Waals surface area contributed by atoms with Crippen molar-refractivity contribution in [3.05, 3.63) is 35.4 Å². The smallest absolute Gasteiger partial charge is 0.251 e. The third-order valence-electron chi connectivity index (χ3n) is 3.74. The lowest BCUT2D eigenvalue weighted by Gasteiger charge is -2.28. The fraction of sp³-hybridized carbons (Fsp3) is 0.500. The molecule has 1 aromatic rings. The Balaban J connectivity index is 2.07. The first-order valence-corrected chi connectivity index (χ1v) is 6.28. The monoisotopic (exact) mass is 248 g/mol. The van der Waals surface area contributed by atoms with Gasteiger partial charge in [-0.15, -0.1) is 0 Å². The third kappa shape index (κ3) is 2.54. The van der Waals surface area contributed by atoms with Crippen LogP contribution in [0.3, 0.4) is 0 Å². The summed E-state index contributed by atoms with van der Waals surface area (Å²) in [5.41, 5.74) is 6.94. The van der Waals surface area contributed by atoms with E-state index < -0.39 is 0 Å². The second-order valence-corrected chi connectivity index (χ2v) is 5.04. The fourth-order valence-corrected chi connectivity index (χ4v) is 2.12. The van der Waals surface area contributed by atoms with E-state index in [2.05, 4.69) is 5.32 Å². The standard InChI is InChI=1S/C14H20N2O2/c1-10-14(2,7-8-18-10)16-13(17)12-5-3-11(9-15)4-6-12/h3-6,10H,7-9,15H2,1-2H3,(H,16,17). The predicted molar refractivity (Wildman–Crippen MR) is 70.2 cm³/mol. The van der Waals surface area contributed by atoms with Crippen LogP contribution in [0.5, 0.6) is 0 Å². The zero-order chi connectivity index (χ0) is 13.2. The van der Waals surface area contributed by atoms with Gasteiger partial charge in [-0.3, -0.25) is 4.79 Å². The van der Waals surface area contributed by atoms with E-state index in [-0.39, 0.29) is 17.6 Å². The van der Waals surface area contributed by atoms with Gasteiger partial charge in [-0.25, -0.2) is 0 Å². The number of rotatable bonds is 3. The zero-order valence-corrected chi connectivity index (χ0v) is 10.9. The van der Waals surface area contributed by atoms with Crippen molar-refractivity contribution >= 4 is 5.91 Å². The minimum atomic E-state index is -0.274. The number of hydrogen-bond acceptors (Lipinski definition) is 3. The maximum absolute atomic E-state index is 12.2. The van der Waals surface area contributed by atoms with Crippen LogP contribution in [-0.4, -0.2) is 24.2 Å². The molecule has 18 heavy (non-hydrogen) atoms. The highest BCUT2D eigenvalue weighted by Crippen LogP contribution is 2.25. The lowest BCUT2D eigenvalue weighted by molar-refractivity contribution is 0.0727. The van der Waals surface area contributed by atoms with Gasteiger partial charge in [0.2, 0.25) is 0 Å². The highest BCUT2D eigenvalue weighted by molar-refractivity contribution is 5.94. The van der Waals surface area contributed by atoms with Crippen LogP contribution >= 0.6 is 0 Å². The van der Waals surface area contributed by atoms with E-state index in [0.717, 1.165) is 12.0 Å². The summed E-state index contributed by atoms with van der Waals surface area (Å²) in [5, 5.41) is 3.06. The van der Waals surface area contributed by atoms with Crippen molar-refractivity contribution < 1.29 is 9.53 Å². The zero-order valence-electron chi connectivity index (χ0n) is 10.9. The fourth-order valence-electron chi connectivity index (χ4n) is 2.12. The summed E-state index contributed by atoms with van der Waals surface area (Å²) >= 11 is 0. The molecule has 3 N–H and O–H groups in total. The van der Waals surface area contributed by atoms with Crippen LogP contribution in [0.15, 0.2) is 24.3 Å². The van der Waals surface area contributed by atoms with Gasteiger partial charge in [-0.1, -0.05) is 12.1 Å². The SMILES string of the molecule is CC1OCCC1(C)NC(=O)c1ccc(CN)cc1. The van der Waals surface area contributed by atoms with Crippen LogP contribution in [0, 0.1) is 0 Å². The first kappa shape index (κ1) is 13.1. The van der Waals surface area contributed by atoms with E-state index in [9.17, 15) is 4.79 Å². The first-order chi connectivity index (χ1) is 8.55. The molecule has 1 heterocycles. The van der Waals surface area contributed by atoms with Gasteiger partial charge in [-0.05, 0) is 38.0 Å². The van der Waals surface area contributed by atoms with Crippen molar-refractivity contribution in [3.8, 4) is 0 Å². The van der Waals surface area contributed by atoms with Crippen LogP contribution in [0.2, 0.25) is 0 Å². The van der Waals surface area contributed by atoms with E-state index in [4.69, 9.17) is 10.5 Å². The maximum Gasteiger partial charge on any atom is 0.251 e. The van der Waals surface area contributed by atoms with Gasteiger partial charge in [0, 0.05) is 18.7 Å². The summed E-state index contributed by atoms with van der Waals surface area (Å²) in [6, 6.07) is 7.38.